The number of amides is 2. The maximum absolute atomic E-state index is 12.8. The van der Waals surface area contributed by atoms with Crippen molar-refractivity contribution < 1.29 is 9.59 Å². The van der Waals surface area contributed by atoms with Gasteiger partial charge in [0.25, 0.3) is 5.91 Å². The van der Waals surface area contributed by atoms with Crippen LogP contribution in [0, 0.1) is 0 Å². The lowest BCUT2D eigenvalue weighted by Crippen LogP contribution is -2.39. The first kappa shape index (κ1) is 19.8. The van der Waals surface area contributed by atoms with Crippen molar-refractivity contribution >= 4 is 45.0 Å². The molecule has 1 aromatic heterocycles. The van der Waals surface area contributed by atoms with E-state index in [0.29, 0.717) is 18.1 Å². The summed E-state index contributed by atoms with van der Waals surface area (Å²) in [5.41, 5.74) is 7.52. The highest BCUT2D eigenvalue weighted by molar-refractivity contribution is 9.10. The van der Waals surface area contributed by atoms with Gasteiger partial charge >= 0.3 is 0 Å². The van der Waals surface area contributed by atoms with Gasteiger partial charge in [0.1, 0.15) is 17.6 Å². The van der Waals surface area contributed by atoms with E-state index >= 15 is 0 Å². The first-order valence-electron chi connectivity index (χ1n) is 9.30. The van der Waals surface area contributed by atoms with Crippen LogP contribution in [0.5, 0.6) is 0 Å². The van der Waals surface area contributed by atoms with Gasteiger partial charge in [-0.25, -0.2) is 4.68 Å². The minimum atomic E-state index is -0.708. The Morgan fingerprint density at radius 1 is 1.10 bits per heavy atom. The summed E-state index contributed by atoms with van der Waals surface area (Å²) in [6, 6.07) is 18.0. The van der Waals surface area contributed by atoms with Crippen molar-refractivity contribution in [3.8, 4) is 0 Å². The number of carbonyl (C=O) groups excluding carboxylic acids is 2. The van der Waals surface area contributed by atoms with Crippen molar-refractivity contribution in [2.75, 3.05) is 10.3 Å². The van der Waals surface area contributed by atoms with Gasteiger partial charge in [-0.1, -0.05) is 46.3 Å². The molecule has 3 N–H and O–H groups in total. The van der Waals surface area contributed by atoms with Gasteiger partial charge in [-0.3, -0.25) is 14.6 Å². The molecule has 8 nitrogen and oxygen atoms in total. The molecule has 2 aromatic carbocycles. The molecule has 1 aliphatic rings. The van der Waals surface area contributed by atoms with Crippen molar-refractivity contribution in [1.82, 2.24) is 9.78 Å². The molecule has 1 aliphatic heterocycles. The Hall–Kier alpha value is -3.46. The zero-order valence-electron chi connectivity index (χ0n) is 15.9. The number of hydrogen-bond acceptors (Lipinski definition) is 5. The second kappa shape index (κ2) is 8.50. The third-order valence-corrected chi connectivity index (χ3v) is 5.25. The normalized spacial score (nSPS) is 15.7. The number of aromatic nitrogens is 2. The zero-order valence-corrected chi connectivity index (χ0v) is 17.5. The average molecular weight is 467 g/mol. The van der Waals surface area contributed by atoms with E-state index in [1.54, 1.807) is 16.9 Å². The maximum Gasteiger partial charge on any atom is 0.273 e. The standard InChI is InChI=1S/C21H19BrN6O2/c22-15-8-6-14(7-9-15)13-27-19(10-11-24-27)25-21(30)17-12-18(20(23)29)28(26-17)16-4-2-1-3-5-16/h1-11,18H,12-13H2,(H2,23,29)(H,25,30). The Kier molecular flexibility index (Phi) is 5.62. The largest absolute Gasteiger partial charge is 0.368 e. The predicted molar refractivity (Wildman–Crippen MR) is 118 cm³/mol. The van der Waals surface area contributed by atoms with Gasteiger partial charge in [-0.15, -0.1) is 0 Å². The molecule has 0 aliphatic carbocycles. The summed E-state index contributed by atoms with van der Waals surface area (Å²) < 4.78 is 2.68. The highest BCUT2D eigenvalue weighted by atomic mass is 79.9. The summed E-state index contributed by atoms with van der Waals surface area (Å²) in [5, 5.41) is 13.0. The van der Waals surface area contributed by atoms with Crippen LogP contribution in [-0.2, 0) is 16.1 Å². The Labute approximate surface area is 181 Å². The van der Waals surface area contributed by atoms with Crippen LogP contribution in [0.1, 0.15) is 12.0 Å². The number of halogens is 1. The molecule has 3 aromatic rings. The van der Waals surface area contributed by atoms with Gasteiger partial charge in [-0.05, 0) is 29.8 Å². The van der Waals surface area contributed by atoms with E-state index < -0.39 is 17.9 Å². The molecule has 0 fully saturated rings. The molecule has 0 bridgehead atoms. The van der Waals surface area contributed by atoms with Crippen LogP contribution in [0.2, 0.25) is 0 Å². The van der Waals surface area contributed by atoms with Gasteiger partial charge in [0, 0.05) is 17.0 Å². The lowest BCUT2D eigenvalue weighted by Gasteiger charge is -2.20. The highest BCUT2D eigenvalue weighted by Crippen LogP contribution is 2.25. The van der Waals surface area contributed by atoms with Gasteiger partial charge < -0.3 is 11.1 Å². The number of para-hydroxylation sites is 1. The number of hydrazone groups is 1. The van der Waals surface area contributed by atoms with Gasteiger partial charge in [0.05, 0.1) is 18.4 Å². The van der Waals surface area contributed by atoms with Crippen molar-refractivity contribution in [1.29, 1.82) is 0 Å². The fraction of sp³-hybridized carbons (Fsp3) is 0.143. The van der Waals surface area contributed by atoms with E-state index in [4.69, 9.17) is 5.73 Å². The van der Waals surface area contributed by atoms with Crippen molar-refractivity contribution in [3.63, 3.8) is 0 Å². The van der Waals surface area contributed by atoms with Crippen LogP contribution in [0.25, 0.3) is 0 Å². The van der Waals surface area contributed by atoms with Gasteiger partial charge in [0.2, 0.25) is 5.91 Å². The number of benzene rings is 2. The first-order valence-corrected chi connectivity index (χ1v) is 10.1. The molecule has 0 radical (unpaired) electrons. The molecular weight excluding hydrogens is 448 g/mol. The number of nitrogens with zero attached hydrogens (tertiary/aromatic N) is 4. The third-order valence-electron chi connectivity index (χ3n) is 4.73. The molecule has 1 atom stereocenters. The van der Waals surface area contributed by atoms with Crippen LogP contribution in [0.15, 0.2) is 76.4 Å². The summed E-state index contributed by atoms with van der Waals surface area (Å²) in [6.07, 6.45) is 1.75. The van der Waals surface area contributed by atoms with Crippen LogP contribution in [0.3, 0.4) is 0 Å². The Morgan fingerprint density at radius 2 is 1.83 bits per heavy atom. The summed E-state index contributed by atoms with van der Waals surface area (Å²) in [6.45, 7) is 0.502. The zero-order chi connectivity index (χ0) is 21.1. The van der Waals surface area contributed by atoms with Crippen LogP contribution >= 0.6 is 15.9 Å². The molecule has 9 heteroatoms. The second-order valence-electron chi connectivity index (χ2n) is 6.80. The summed E-state index contributed by atoms with van der Waals surface area (Å²) in [4.78, 5) is 24.7. The molecule has 0 saturated carbocycles. The molecule has 0 spiro atoms. The Balaban J connectivity index is 1.51. The van der Waals surface area contributed by atoms with E-state index in [0.717, 1.165) is 10.0 Å². The van der Waals surface area contributed by atoms with Gasteiger partial charge in [0.15, 0.2) is 0 Å². The molecule has 1 unspecified atom stereocenters. The van der Waals surface area contributed by atoms with E-state index in [9.17, 15) is 9.59 Å². The molecule has 30 heavy (non-hydrogen) atoms. The molecule has 2 heterocycles. The minimum Gasteiger partial charge on any atom is -0.368 e. The number of primary amides is 1. The second-order valence-corrected chi connectivity index (χ2v) is 7.72. The van der Waals surface area contributed by atoms with Crippen molar-refractivity contribution in [3.05, 3.63) is 76.9 Å². The summed E-state index contributed by atoms with van der Waals surface area (Å²) in [7, 11) is 0. The van der Waals surface area contributed by atoms with E-state index in [2.05, 4.69) is 31.4 Å². The molecule has 2 amide bonds. The van der Waals surface area contributed by atoms with E-state index in [-0.39, 0.29) is 12.1 Å². The van der Waals surface area contributed by atoms with Crippen molar-refractivity contribution in [2.24, 2.45) is 10.8 Å². The maximum atomic E-state index is 12.8. The number of nitrogens with one attached hydrogen (secondary N) is 1. The van der Waals surface area contributed by atoms with Crippen LogP contribution in [0.4, 0.5) is 11.5 Å². The SMILES string of the molecule is NC(=O)C1CC(C(=O)Nc2ccnn2Cc2ccc(Br)cc2)=NN1c1ccccc1. The monoisotopic (exact) mass is 466 g/mol. The number of hydrogen-bond donors (Lipinski definition) is 2. The summed E-state index contributed by atoms with van der Waals surface area (Å²) in [5.74, 6) is -0.387. The van der Waals surface area contributed by atoms with E-state index in [1.165, 1.54) is 5.01 Å². The van der Waals surface area contributed by atoms with E-state index in [1.807, 2.05) is 54.6 Å². The lowest BCUT2D eigenvalue weighted by atomic mass is 10.1. The lowest BCUT2D eigenvalue weighted by molar-refractivity contribution is -0.119. The molecular formula is C21H19BrN6O2. The molecule has 0 saturated heterocycles. The van der Waals surface area contributed by atoms with Crippen LogP contribution in [-0.4, -0.2) is 33.3 Å². The van der Waals surface area contributed by atoms with Gasteiger partial charge in [-0.2, -0.15) is 10.2 Å². The number of rotatable bonds is 6. The Morgan fingerprint density at radius 3 is 2.53 bits per heavy atom. The quantitative estimate of drug-likeness (QED) is 0.582. The van der Waals surface area contributed by atoms with Crippen LogP contribution < -0.4 is 16.1 Å². The number of carbonyl (C=O) groups is 2. The fourth-order valence-corrected chi connectivity index (χ4v) is 3.47. The minimum absolute atomic E-state index is 0.136. The highest BCUT2D eigenvalue weighted by Gasteiger charge is 2.35. The molecule has 152 valence electrons. The first-order chi connectivity index (χ1) is 14.5. The Bertz CT molecular complexity index is 1090. The predicted octanol–water partition coefficient (Wildman–Crippen LogP) is 2.75. The number of nitrogens with two attached hydrogens (primary N) is 1. The topological polar surface area (TPSA) is 106 Å². The van der Waals surface area contributed by atoms with Crippen molar-refractivity contribution in [2.45, 2.75) is 19.0 Å². The fourth-order valence-electron chi connectivity index (χ4n) is 3.20. The third kappa shape index (κ3) is 4.25. The number of anilines is 2. The smallest absolute Gasteiger partial charge is 0.273 e. The average Bonchev–Trinajstić information content (AvgIpc) is 3.38. The molecule has 4 rings (SSSR count). The summed E-state index contributed by atoms with van der Waals surface area (Å²) >= 11 is 3.42.